The fourth-order valence-corrected chi connectivity index (χ4v) is 2.13. The number of benzene rings is 2. The van der Waals surface area contributed by atoms with Crippen LogP contribution in [-0.4, -0.2) is 11.1 Å². The molecule has 0 saturated carbocycles. The third-order valence-electron chi connectivity index (χ3n) is 3.25. The van der Waals surface area contributed by atoms with Crippen LogP contribution in [0, 0.1) is 23.4 Å². The van der Waals surface area contributed by atoms with Gasteiger partial charge in [-0.2, -0.15) is 0 Å². The number of rotatable bonds is 5. The molecule has 2 aromatic carbocycles. The quantitative estimate of drug-likeness (QED) is 0.915. The first-order valence-corrected chi connectivity index (χ1v) is 6.37. The summed E-state index contributed by atoms with van der Waals surface area (Å²) in [5.41, 5.74) is 0.354. The molecule has 0 aromatic heterocycles. The van der Waals surface area contributed by atoms with Gasteiger partial charge in [0.25, 0.3) is 0 Å². The SMILES string of the molecule is O=C(O)C(Cc1ccccc1F)Cc1ccc(F)cc1F. The molecule has 0 bridgehead atoms. The molecular formula is C16H13F3O2. The molecule has 0 spiro atoms. The highest BCUT2D eigenvalue weighted by molar-refractivity contribution is 5.71. The van der Waals surface area contributed by atoms with Crippen molar-refractivity contribution in [2.24, 2.45) is 5.92 Å². The van der Waals surface area contributed by atoms with E-state index in [1.807, 2.05) is 0 Å². The third kappa shape index (κ3) is 3.84. The Balaban J connectivity index is 2.20. The van der Waals surface area contributed by atoms with E-state index in [0.717, 1.165) is 6.07 Å². The second kappa shape index (κ2) is 6.43. The molecule has 1 unspecified atom stereocenters. The predicted molar refractivity (Wildman–Crippen MR) is 71.3 cm³/mol. The van der Waals surface area contributed by atoms with E-state index < -0.39 is 29.3 Å². The van der Waals surface area contributed by atoms with Gasteiger partial charge in [-0.3, -0.25) is 4.79 Å². The maximum atomic E-state index is 13.6. The topological polar surface area (TPSA) is 37.3 Å². The smallest absolute Gasteiger partial charge is 0.307 e. The Morgan fingerprint density at radius 3 is 2.14 bits per heavy atom. The van der Waals surface area contributed by atoms with Crippen LogP contribution >= 0.6 is 0 Å². The van der Waals surface area contributed by atoms with Crippen LogP contribution in [0.25, 0.3) is 0 Å². The molecule has 2 rings (SSSR count). The van der Waals surface area contributed by atoms with E-state index in [1.54, 1.807) is 6.07 Å². The van der Waals surface area contributed by atoms with Crippen molar-refractivity contribution in [2.75, 3.05) is 0 Å². The van der Waals surface area contributed by atoms with Crippen LogP contribution in [0.1, 0.15) is 11.1 Å². The Hall–Kier alpha value is -2.30. The molecule has 2 nitrogen and oxygen atoms in total. The lowest BCUT2D eigenvalue weighted by molar-refractivity contribution is -0.141. The van der Waals surface area contributed by atoms with Gasteiger partial charge in [-0.1, -0.05) is 24.3 Å². The minimum Gasteiger partial charge on any atom is -0.481 e. The summed E-state index contributed by atoms with van der Waals surface area (Å²) in [5.74, 6) is -4.15. The Kier molecular flexibility index (Phi) is 4.62. The van der Waals surface area contributed by atoms with Gasteiger partial charge in [0, 0.05) is 6.07 Å². The van der Waals surface area contributed by atoms with E-state index >= 15 is 0 Å². The predicted octanol–water partition coefficient (Wildman–Crippen LogP) is 3.59. The zero-order valence-corrected chi connectivity index (χ0v) is 11.0. The van der Waals surface area contributed by atoms with Crippen molar-refractivity contribution in [3.05, 3.63) is 71.0 Å². The molecule has 0 radical (unpaired) electrons. The third-order valence-corrected chi connectivity index (χ3v) is 3.25. The fourth-order valence-electron chi connectivity index (χ4n) is 2.13. The molecule has 1 N–H and O–H groups in total. The second-order valence-electron chi connectivity index (χ2n) is 4.77. The maximum absolute atomic E-state index is 13.6. The minimum absolute atomic E-state index is 0.0567. The minimum atomic E-state index is -1.15. The summed E-state index contributed by atoms with van der Waals surface area (Å²) in [4.78, 5) is 11.3. The van der Waals surface area contributed by atoms with E-state index in [4.69, 9.17) is 0 Å². The van der Waals surface area contributed by atoms with Crippen molar-refractivity contribution in [3.8, 4) is 0 Å². The number of carboxylic acid groups (broad SMARTS) is 1. The second-order valence-corrected chi connectivity index (χ2v) is 4.77. The van der Waals surface area contributed by atoms with Gasteiger partial charge in [0.05, 0.1) is 5.92 Å². The van der Waals surface area contributed by atoms with Crippen molar-refractivity contribution in [3.63, 3.8) is 0 Å². The highest BCUT2D eigenvalue weighted by atomic mass is 19.1. The van der Waals surface area contributed by atoms with E-state index in [-0.39, 0.29) is 24.0 Å². The highest BCUT2D eigenvalue weighted by Gasteiger charge is 2.21. The standard InChI is InChI=1S/C16H13F3O2/c17-13-6-5-11(15(19)9-13)8-12(16(20)21)7-10-3-1-2-4-14(10)18/h1-6,9,12H,7-8H2,(H,20,21). The van der Waals surface area contributed by atoms with Crippen molar-refractivity contribution < 1.29 is 23.1 Å². The lowest BCUT2D eigenvalue weighted by atomic mass is 9.92. The van der Waals surface area contributed by atoms with Crippen molar-refractivity contribution in [2.45, 2.75) is 12.8 Å². The normalized spacial score (nSPS) is 12.1. The summed E-state index contributed by atoms with van der Waals surface area (Å²) >= 11 is 0. The molecular weight excluding hydrogens is 281 g/mol. The molecule has 21 heavy (non-hydrogen) atoms. The van der Waals surface area contributed by atoms with Crippen LogP contribution < -0.4 is 0 Å². The van der Waals surface area contributed by atoms with Gasteiger partial charge in [0.15, 0.2) is 0 Å². The summed E-state index contributed by atoms with van der Waals surface area (Å²) < 4.78 is 40.0. The lowest BCUT2D eigenvalue weighted by Crippen LogP contribution is -2.20. The number of aliphatic carboxylic acids is 1. The van der Waals surface area contributed by atoms with Gasteiger partial charge in [0.1, 0.15) is 17.5 Å². The first-order chi connectivity index (χ1) is 9.97. The van der Waals surface area contributed by atoms with E-state index in [0.29, 0.717) is 6.07 Å². The van der Waals surface area contributed by atoms with Gasteiger partial charge in [0.2, 0.25) is 0 Å². The Morgan fingerprint density at radius 2 is 1.57 bits per heavy atom. The molecule has 0 amide bonds. The Bertz CT molecular complexity index is 656. The van der Waals surface area contributed by atoms with E-state index in [2.05, 4.69) is 0 Å². The number of hydrogen-bond acceptors (Lipinski definition) is 1. The molecule has 0 aliphatic rings. The number of halogens is 3. The average Bonchev–Trinajstić information content (AvgIpc) is 2.42. The Morgan fingerprint density at radius 1 is 0.952 bits per heavy atom. The summed E-state index contributed by atoms with van der Waals surface area (Å²) in [6, 6.07) is 8.84. The van der Waals surface area contributed by atoms with Gasteiger partial charge in [-0.15, -0.1) is 0 Å². The summed E-state index contributed by atoms with van der Waals surface area (Å²) in [6.07, 6.45) is -0.186. The summed E-state index contributed by atoms with van der Waals surface area (Å²) in [6.45, 7) is 0. The van der Waals surface area contributed by atoms with Crippen LogP contribution in [-0.2, 0) is 17.6 Å². The zero-order chi connectivity index (χ0) is 15.4. The first kappa shape index (κ1) is 15.1. The molecule has 110 valence electrons. The van der Waals surface area contributed by atoms with Gasteiger partial charge in [-0.25, -0.2) is 13.2 Å². The van der Waals surface area contributed by atoms with Gasteiger partial charge in [-0.05, 0) is 36.1 Å². The number of carbonyl (C=O) groups is 1. The van der Waals surface area contributed by atoms with Crippen molar-refractivity contribution in [1.29, 1.82) is 0 Å². The van der Waals surface area contributed by atoms with Gasteiger partial charge < -0.3 is 5.11 Å². The van der Waals surface area contributed by atoms with Crippen molar-refractivity contribution >= 4 is 5.97 Å². The number of hydrogen-bond donors (Lipinski definition) is 1. The molecule has 0 aliphatic heterocycles. The van der Waals surface area contributed by atoms with E-state index in [9.17, 15) is 23.1 Å². The van der Waals surface area contributed by atoms with Crippen molar-refractivity contribution in [1.82, 2.24) is 0 Å². The van der Waals surface area contributed by atoms with Crippen LogP contribution in [0.5, 0.6) is 0 Å². The average molecular weight is 294 g/mol. The fraction of sp³-hybridized carbons (Fsp3) is 0.188. The molecule has 0 fully saturated rings. The number of carboxylic acids is 1. The van der Waals surface area contributed by atoms with Crippen LogP contribution in [0.3, 0.4) is 0 Å². The maximum Gasteiger partial charge on any atom is 0.307 e. The van der Waals surface area contributed by atoms with Crippen LogP contribution in [0.4, 0.5) is 13.2 Å². The van der Waals surface area contributed by atoms with Crippen LogP contribution in [0.2, 0.25) is 0 Å². The molecule has 0 heterocycles. The van der Waals surface area contributed by atoms with Crippen LogP contribution in [0.15, 0.2) is 42.5 Å². The largest absolute Gasteiger partial charge is 0.481 e. The molecule has 2 aromatic rings. The highest BCUT2D eigenvalue weighted by Crippen LogP contribution is 2.19. The summed E-state index contributed by atoms with van der Waals surface area (Å²) in [7, 11) is 0. The molecule has 5 heteroatoms. The summed E-state index contributed by atoms with van der Waals surface area (Å²) in [5, 5.41) is 9.21. The monoisotopic (exact) mass is 294 g/mol. The van der Waals surface area contributed by atoms with E-state index in [1.165, 1.54) is 24.3 Å². The molecule has 1 atom stereocenters. The molecule has 0 aliphatic carbocycles. The van der Waals surface area contributed by atoms with Gasteiger partial charge >= 0.3 is 5.97 Å². The lowest BCUT2D eigenvalue weighted by Gasteiger charge is -2.13. The zero-order valence-electron chi connectivity index (χ0n) is 11.0. The first-order valence-electron chi connectivity index (χ1n) is 6.37. The molecule has 0 saturated heterocycles. The Labute approximate surface area is 119 Å².